The van der Waals surface area contributed by atoms with Crippen LogP contribution in [0.2, 0.25) is 0 Å². The van der Waals surface area contributed by atoms with E-state index in [1.54, 1.807) is 0 Å². The second-order valence-corrected chi connectivity index (χ2v) is 6.38. The van der Waals surface area contributed by atoms with Crippen LogP contribution < -0.4 is 10.1 Å². The maximum atomic E-state index is 12.2. The van der Waals surface area contributed by atoms with Gasteiger partial charge in [-0.1, -0.05) is 37.3 Å². The lowest BCUT2D eigenvalue weighted by Crippen LogP contribution is -2.31. The number of nitrogens with one attached hydrogen (secondary N) is 1. The summed E-state index contributed by atoms with van der Waals surface area (Å²) in [6.07, 6.45) is 1.02. The average Bonchev–Trinajstić information content (AvgIpc) is 2.56. The highest BCUT2D eigenvalue weighted by molar-refractivity contribution is 5.78. The van der Waals surface area contributed by atoms with E-state index in [1.165, 1.54) is 11.1 Å². The highest BCUT2D eigenvalue weighted by atomic mass is 16.5. The Labute approximate surface area is 145 Å². The molecule has 0 aromatic heterocycles. The molecule has 0 fully saturated rings. The molecule has 0 saturated carbocycles. The van der Waals surface area contributed by atoms with Crippen LogP contribution in [0.4, 0.5) is 0 Å². The largest absolute Gasteiger partial charge is 0.483 e. The molecule has 1 atom stereocenters. The van der Waals surface area contributed by atoms with Gasteiger partial charge in [-0.25, -0.2) is 0 Å². The molecule has 0 heterocycles. The Morgan fingerprint density at radius 1 is 1.12 bits per heavy atom. The Bertz CT molecular complexity index is 705. The number of carbonyl (C=O) groups excluding carboxylic acids is 1. The average molecular weight is 325 g/mol. The fourth-order valence-corrected chi connectivity index (χ4v) is 2.70. The summed E-state index contributed by atoms with van der Waals surface area (Å²) in [5, 5.41) is 2.99. The summed E-state index contributed by atoms with van der Waals surface area (Å²) in [4.78, 5) is 12.2. The molecule has 0 saturated heterocycles. The van der Waals surface area contributed by atoms with E-state index in [4.69, 9.17) is 4.74 Å². The van der Waals surface area contributed by atoms with E-state index in [0.717, 1.165) is 28.9 Å². The number of carbonyl (C=O) groups is 1. The molecule has 2 rings (SSSR count). The van der Waals surface area contributed by atoms with Gasteiger partial charge in [-0.15, -0.1) is 0 Å². The van der Waals surface area contributed by atoms with Gasteiger partial charge in [0.05, 0.1) is 6.04 Å². The Kier molecular flexibility index (Phi) is 6.02. The van der Waals surface area contributed by atoms with E-state index >= 15 is 0 Å². The quantitative estimate of drug-likeness (QED) is 0.853. The summed E-state index contributed by atoms with van der Waals surface area (Å²) in [5.74, 6) is 0.670. The summed E-state index contributed by atoms with van der Waals surface area (Å²) >= 11 is 0. The van der Waals surface area contributed by atoms with Crippen LogP contribution in [0.3, 0.4) is 0 Å². The molecule has 24 heavy (non-hydrogen) atoms. The lowest BCUT2D eigenvalue weighted by Gasteiger charge is -2.16. The SMILES string of the molecule is CCc1ccc(C(C)NC(=O)COc2cc(C)cc(C)c2C)cc1. The maximum Gasteiger partial charge on any atom is 0.258 e. The molecule has 3 nitrogen and oxygen atoms in total. The lowest BCUT2D eigenvalue weighted by molar-refractivity contribution is -0.123. The zero-order valence-electron chi connectivity index (χ0n) is 15.3. The molecule has 2 aromatic rings. The number of rotatable bonds is 6. The molecular weight excluding hydrogens is 298 g/mol. The summed E-state index contributed by atoms with van der Waals surface area (Å²) in [6, 6.07) is 12.4. The predicted octanol–water partition coefficient (Wildman–Crippen LogP) is 4.43. The third-order valence-corrected chi connectivity index (χ3v) is 4.39. The first kappa shape index (κ1) is 18.1. The summed E-state index contributed by atoms with van der Waals surface area (Å²) in [5.41, 5.74) is 5.79. The van der Waals surface area contributed by atoms with Crippen molar-refractivity contribution < 1.29 is 9.53 Å². The second-order valence-electron chi connectivity index (χ2n) is 6.38. The van der Waals surface area contributed by atoms with Crippen LogP contribution in [0.5, 0.6) is 5.75 Å². The van der Waals surface area contributed by atoms with Crippen LogP contribution in [-0.2, 0) is 11.2 Å². The predicted molar refractivity (Wildman–Crippen MR) is 98.5 cm³/mol. The van der Waals surface area contributed by atoms with Crippen molar-refractivity contribution in [3.8, 4) is 5.75 Å². The molecule has 128 valence electrons. The van der Waals surface area contributed by atoms with Crippen molar-refractivity contribution in [3.63, 3.8) is 0 Å². The van der Waals surface area contributed by atoms with E-state index < -0.39 is 0 Å². The minimum absolute atomic E-state index is 0.0289. The number of benzene rings is 2. The van der Waals surface area contributed by atoms with Crippen LogP contribution in [0.15, 0.2) is 36.4 Å². The third-order valence-electron chi connectivity index (χ3n) is 4.39. The number of aryl methyl sites for hydroxylation is 3. The van der Waals surface area contributed by atoms with Gasteiger partial charge in [-0.3, -0.25) is 4.79 Å². The van der Waals surface area contributed by atoms with Crippen molar-refractivity contribution in [1.82, 2.24) is 5.32 Å². The van der Waals surface area contributed by atoms with Crippen molar-refractivity contribution >= 4 is 5.91 Å². The van der Waals surface area contributed by atoms with Gasteiger partial charge in [0.15, 0.2) is 6.61 Å². The van der Waals surface area contributed by atoms with Crippen LogP contribution in [-0.4, -0.2) is 12.5 Å². The Morgan fingerprint density at radius 2 is 1.79 bits per heavy atom. The second kappa shape index (κ2) is 8.00. The van der Waals surface area contributed by atoms with Crippen molar-refractivity contribution in [2.24, 2.45) is 0 Å². The summed E-state index contributed by atoms with van der Waals surface area (Å²) in [6.45, 7) is 10.2. The maximum absolute atomic E-state index is 12.2. The van der Waals surface area contributed by atoms with Gasteiger partial charge in [-0.05, 0) is 68.0 Å². The molecule has 1 unspecified atom stereocenters. The smallest absolute Gasteiger partial charge is 0.258 e. The first-order valence-electron chi connectivity index (χ1n) is 8.49. The van der Waals surface area contributed by atoms with E-state index in [9.17, 15) is 4.79 Å². The molecule has 1 amide bonds. The van der Waals surface area contributed by atoms with Gasteiger partial charge in [0.25, 0.3) is 5.91 Å². The van der Waals surface area contributed by atoms with Gasteiger partial charge in [0.2, 0.25) is 0 Å². The first-order valence-corrected chi connectivity index (χ1v) is 8.49. The van der Waals surface area contributed by atoms with Crippen LogP contribution in [0, 0.1) is 20.8 Å². The third kappa shape index (κ3) is 4.60. The van der Waals surface area contributed by atoms with Gasteiger partial charge in [0, 0.05) is 0 Å². The molecule has 0 aliphatic carbocycles. The topological polar surface area (TPSA) is 38.3 Å². The highest BCUT2D eigenvalue weighted by Gasteiger charge is 2.11. The van der Waals surface area contributed by atoms with Gasteiger partial charge < -0.3 is 10.1 Å². The fourth-order valence-electron chi connectivity index (χ4n) is 2.70. The first-order chi connectivity index (χ1) is 11.4. The highest BCUT2D eigenvalue weighted by Crippen LogP contribution is 2.23. The molecule has 0 aliphatic heterocycles. The van der Waals surface area contributed by atoms with E-state index in [1.807, 2.05) is 26.8 Å². The van der Waals surface area contributed by atoms with E-state index in [0.29, 0.717) is 0 Å². The van der Waals surface area contributed by atoms with Gasteiger partial charge in [0.1, 0.15) is 5.75 Å². The minimum atomic E-state index is -0.111. The molecule has 3 heteroatoms. The Balaban J connectivity index is 1.93. The molecule has 0 aliphatic rings. The van der Waals surface area contributed by atoms with Crippen molar-refractivity contribution in [3.05, 3.63) is 64.2 Å². The number of hydrogen-bond donors (Lipinski definition) is 1. The van der Waals surface area contributed by atoms with Crippen LogP contribution >= 0.6 is 0 Å². The number of amides is 1. The molecular formula is C21H27NO2. The standard InChI is InChI=1S/C21H27NO2/c1-6-18-7-9-19(10-8-18)17(5)22-21(23)13-24-20-12-14(2)11-15(3)16(20)4/h7-12,17H,6,13H2,1-5H3,(H,22,23). The Hall–Kier alpha value is -2.29. The number of ether oxygens (including phenoxy) is 1. The van der Waals surface area contributed by atoms with Gasteiger partial charge in [-0.2, -0.15) is 0 Å². The fraction of sp³-hybridized carbons (Fsp3) is 0.381. The molecule has 0 spiro atoms. The number of hydrogen-bond acceptors (Lipinski definition) is 2. The molecule has 0 radical (unpaired) electrons. The lowest BCUT2D eigenvalue weighted by atomic mass is 10.1. The molecule has 2 aromatic carbocycles. The van der Waals surface area contributed by atoms with E-state index in [-0.39, 0.29) is 18.6 Å². The zero-order valence-corrected chi connectivity index (χ0v) is 15.3. The summed E-state index contributed by atoms with van der Waals surface area (Å²) < 4.78 is 5.72. The molecule has 0 bridgehead atoms. The Morgan fingerprint density at radius 3 is 2.42 bits per heavy atom. The monoisotopic (exact) mass is 325 g/mol. The zero-order chi connectivity index (χ0) is 17.7. The summed E-state index contributed by atoms with van der Waals surface area (Å²) in [7, 11) is 0. The van der Waals surface area contributed by atoms with Crippen LogP contribution in [0.1, 0.15) is 47.7 Å². The normalized spacial score (nSPS) is 11.9. The van der Waals surface area contributed by atoms with Crippen LogP contribution in [0.25, 0.3) is 0 Å². The van der Waals surface area contributed by atoms with Crippen molar-refractivity contribution in [1.29, 1.82) is 0 Å². The molecule has 1 N–H and O–H groups in total. The van der Waals surface area contributed by atoms with Crippen molar-refractivity contribution in [2.75, 3.05) is 6.61 Å². The van der Waals surface area contributed by atoms with Crippen molar-refractivity contribution in [2.45, 2.75) is 47.1 Å². The van der Waals surface area contributed by atoms with Gasteiger partial charge >= 0.3 is 0 Å². The minimum Gasteiger partial charge on any atom is -0.483 e. The van der Waals surface area contributed by atoms with E-state index in [2.05, 4.69) is 49.5 Å².